The molecule has 0 saturated heterocycles. The second-order valence-corrected chi connectivity index (χ2v) is 4.60. The first-order chi connectivity index (χ1) is 8.72. The van der Waals surface area contributed by atoms with Crippen molar-refractivity contribution < 1.29 is 5.11 Å². The van der Waals surface area contributed by atoms with Gasteiger partial charge in [0.1, 0.15) is 0 Å². The predicted octanol–water partition coefficient (Wildman–Crippen LogP) is 3.28. The second kappa shape index (κ2) is 4.35. The summed E-state index contributed by atoms with van der Waals surface area (Å²) in [7, 11) is 0. The van der Waals surface area contributed by atoms with Crippen LogP contribution in [0, 0.1) is 0 Å². The molecule has 0 fully saturated rings. The molecule has 2 heterocycles. The summed E-state index contributed by atoms with van der Waals surface area (Å²) >= 11 is 5.95. The molecule has 0 atom stereocenters. The van der Waals surface area contributed by atoms with Gasteiger partial charge < -0.3 is 9.51 Å². The number of hydrogen-bond donors (Lipinski definition) is 1. The van der Waals surface area contributed by atoms with Crippen LogP contribution >= 0.6 is 11.6 Å². The second-order valence-electron chi connectivity index (χ2n) is 4.16. The van der Waals surface area contributed by atoms with Crippen LogP contribution in [0.5, 0.6) is 5.75 Å². The van der Waals surface area contributed by atoms with E-state index in [-0.39, 0.29) is 5.75 Å². The van der Waals surface area contributed by atoms with Crippen LogP contribution in [0.4, 0.5) is 0 Å². The van der Waals surface area contributed by atoms with Crippen molar-refractivity contribution >= 4 is 17.2 Å². The number of imidazole rings is 1. The molecule has 3 aromatic rings. The molecule has 0 amide bonds. The Balaban J connectivity index is 1.98. The number of benzene rings is 1. The van der Waals surface area contributed by atoms with Gasteiger partial charge in [0.05, 0.1) is 5.69 Å². The number of fused-ring (bicyclic) bond motifs is 1. The van der Waals surface area contributed by atoms with Gasteiger partial charge in [0.15, 0.2) is 11.4 Å². The van der Waals surface area contributed by atoms with E-state index >= 15 is 0 Å². The monoisotopic (exact) mass is 258 g/mol. The third-order valence-electron chi connectivity index (χ3n) is 2.79. The van der Waals surface area contributed by atoms with Crippen LogP contribution in [0.15, 0.2) is 48.8 Å². The lowest BCUT2D eigenvalue weighted by Crippen LogP contribution is -1.87. The molecule has 0 aliphatic heterocycles. The fourth-order valence-corrected chi connectivity index (χ4v) is 2.20. The molecule has 90 valence electrons. The number of aromatic nitrogens is 2. The molecule has 2 aromatic heterocycles. The van der Waals surface area contributed by atoms with E-state index in [1.807, 2.05) is 41.1 Å². The van der Waals surface area contributed by atoms with E-state index in [1.54, 1.807) is 12.1 Å². The lowest BCUT2D eigenvalue weighted by Gasteiger charge is -1.97. The lowest BCUT2D eigenvalue weighted by atomic mass is 10.1. The van der Waals surface area contributed by atoms with Crippen molar-refractivity contribution in [2.45, 2.75) is 6.42 Å². The molecule has 0 radical (unpaired) electrons. The predicted molar refractivity (Wildman–Crippen MR) is 71.1 cm³/mol. The highest BCUT2D eigenvalue weighted by Crippen LogP contribution is 2.19. The molecule has 0 aliphatic rings. The zero-order valence-electron chi connectivity index (χ0n) is 9.55. The van der Waals surface area contributed by atoms with Crippen LogP contribution in [0.25, 0.3) is 5.65 Å². The van der Waals surface area contributed by atoms with E-state index in [0.29, 0.717) is 12.1 Å². The van der Waals surface area contributed by atoms with Crippen molar-refractivity contribution in [2.75, 3.05) is 0 Å². The quantitative estimate of drug-likeness (QED) is 0.766. The molecule has 0 bridgehead atoms. The summed E-state index contributed by atoms with van der Waals surface area (Å²) in [6.07, 6.45) is 4.47. The van der Waals surface area contributed by atoms with Gasteiger partial charge in [0.2, 0.25) is 0 Å². The Hall–Kier alpha value is -2.00. The summed E-state index contributed by atoms with van der Waals surface area (Å²) in [5.74, 6) is 0.190. The third-order valence-corrected chi connectivity index (χ3v) is 3.02. The van der Waals surface area contributed by atoms with E-state index in [9.17, 15) is 5.11 Å². The molecule has 0 saturated carbocycles. The Kier molecular flexibility index (Phi) is 2.68. The average Bonchev–Trinajstić information content (AvgIpc) is 2.73. The van der Waals surface area contributed by atoms with Crippen LogP contribution in [0.3, 0.4) is 0 Å². The Morgan fingerprint density at radius 1 is 1.22 bits per heavy atom. The Bertz CT molecular complexity index is 706. The van der Waals surface area contributed by atoms with Crippen molar-refractivity contribution in [2.24, 2.45) is 0 Å². The highest BCUT2D eigenvalue weighted by atomic mass is 35.5. The van der Waals surface area contributed by atoms with Crippen LogP contribution in [-0.2, 0) is 6.42 Å². The summed E-state index contributed by atoms with van der Waals surface area (Å²) in [6.45, 7) is 0. The van der Waals surface area contributed by atoms with Gasteiger partial charge in [-0.2, -0.15) is 0 Å². The van der Waals surface area contributed by atoms with E-state index in [2.05, 4.69) is 4.98 Å². The minimum atomic E-state index is 0.190. The van der Waals surface area contributed by atoms with Crippen molar-refractivity contribution in [1.82, 2.24) is 9.38 Å². The largest absolute Gasteiger partial charge is 0.504 e. The molecule has 0 unspecified atom stereocenters. The summed E-state index contributed by atoms with van der Waals surface area (Å²) in [5, 5.41) is 10.4. The molecule has 0 aliphatic carbocycles. The van der Waals surface area contributed by atoms with Gasteiger partial charge in [-0.25, -0.2) is 4.98 Å². The standard InChI is InChI=1S/C14H11ClN2O/c15-11-4-1-3-10(7-11)8-12-9-17-6-2-5-13(18)14(17)16-12/h1-7,9,18H,8H2. The van der Waals surface area contributed by atoms with Gasteiger partial charge in [-0.1, -0.05) is 23.7 Å². The molecule has 18 heavy (non-hydrogen) atoms. The minimum absolute atomic E-state index is 0.190. The zero-order valence-corrected chi connectivity index (χ0v) is 10.3. The van der Waals surface area contributed by atoms with Crippen molar-refractivity contribution in [1.29, 1.82) is 0 Å². The van der Waals surface area contributed by atoms with Crippen molar-refractivity contribution in [3.63, 3.8) is 0 Å². The number of nitrogens with zero attached hydrogens (tertiary/aromatic N) is 2. The number of hydrogen-bond acceptors (Lipinski definition) is 2. The van der Waals surface area contributed by atoms with Gasteiger partial charge in [0.25, 0.3) is 0 Å². The summed E-state index contributed by atoms with van der Waals surface area (Å²) in [4.78, 5) is 4.41. The highest BCUT2D eigenvalue weighted by Gasteiger charge is 2.06. The van der Waals surface area contributed by atoms with Crippen molar-refractivity contribution in [3.8, 4) is 5.75 Å². The molecular formula is C14H11ClN2O. The summed E-state index contributed by atoms with van der Waals surface area (Å²) < 4.78 is 1.81. The number of rotatable bonds is 2. The van der Waals surface area contributed by atoms with E-state index in [1.165, 1.54) is 0 Å². The Labute approximate surface area is 109 Å². The third kappa shape index (κ3) is 2.05. The van der Waals surface area contributed by atoms with Gasteiger partial charge in [-0.05, 0) is 29.8 Å². The zero-order chi connectivity index (χ0) is 12.5. The average molecular weight is 259 g/mol. The fraction of sp³-hybridized carbons (Fsp3) is 0.0714. The van der Waals surface area contributed by atoms with Crippen LogP contribution in [-0.4, -0.2) is 14.5 Å². The number of aromatic hydroxyl groups is 1. The molecule has 1 N–H and O–H groups in total. The smallest absolute Gasteiger partial charge is 0.179 e. The van der Waals surface area contributed by atoms with Gasteiger partial charge in [0, 0.05) is 23.8 Å². The molecule has 3 nitrogen and oxygen atoms in total. The Morgan fingerprint density at radius 3 is 2.89 bits per heavy atom. The van der Waals surface area contributed by atoms with Crippen LogP contribution in [0.1, 0.15) is 11.3 Å². The van der Waals surface area contributed by atoms with Crippen LogP contribution < -0.4 is 0 Å². The first kappa shape index (κ1) is 11.1. The maximum Gasteiger partial charge on any atom is 0.179 e. The lowest BCUT2D eigenvalue weighted by molar-refractivity contribution is 0.477. The van der Waals surface area contributed by atoms with E-state index < -0.39 is 0 Å². The molecule has 4 heteroatoms. The number of pyridine rings is 1. The molecule has 0 spiro atoms. The molecular weight excluding hydrogens is 248 g/mol. The fourth-order valence-electron chi connectivity index (χ4n) is 1.99. The maximum absolute atomic E-state index is 9.69. The first-order valence-corrected chi connectivity index (χ1v) is 6.00. The normalized spacial score (nSPS) is 10.9. The Morgan fingerprint density at radius 2 is 2.11 bits per heavy atom. The molecule has 3 rings (SSSR count). The summed E-state index contributed by atoms with van der Waals surface area (Å²) in [5.41, 5.74) is 2.58. The molecule has 1 aromatic carbocycles. The van der Waals surface area contributed by atoms with Crippen LogP contribution in [0.2, 0.25) is 5.02 Å². The minimum Gasteiger partial charge on any atom is -0.504 e. The van der Waals surface area contributed by atoms with Gasteiger partial charge in [-0.3, -0.25) is 0 Å². The first-order valence-electron chi connectivity index (χ1n) is 5.62. The van der Waals surface area contributed by atoms with E-state index in [4.69, 9.17) is 11.6 Å². The van der Waals surface area contributed by atoms with Crippen molar-refractivity contribution in [3.05, 3.63) is 65.1 Å². The van der Waals surface area contributed by atoms with Gasteiger partial charge >= 0.3 is 0 Å². The summed E-state index contributed by atoms with van der Waals surface area (Å²) in [6, 6.07) is 11.1. The highest BCUT2D eigenvalue weighted by molar-refractivity contribution is 6.30. The van der Waals surface area contributed by atoms with E-state index in [0.717, 1.165) is 16.3 Å². The SMILES string of the molecule is Oc1cccn2cc(Cc3cccc(Cl)c3)nc12. The maximum atomic E-state index is 9.69. The van der Waals surface area contributed by atoms with Gasteiger partial charge in [-0.15, -0.1) is 0 Å². The topological polar surface area (TPSA) is 37.5 Å². The number of halogens is 1.